The first-order valence-electron chi connectivity index (χ1n) is 5.85. The summed E-state index contributed by atoms with van der Waals surface area (Å²) in [4.78, 5) is 15.9. The van der Waals surface area contributed by atoms with Gasteiger partial charge in [0.1, 0.15) is 5.01 Å². The average Bonchev–Trinajstić information content (AvgIpc) is 2.89. The highest BCUT2D eigenvalue weighted by atomic mass is 35.5. The first kappa shape index (κ1) is 13.1. The fourth-order valence-corrected chi connectivity index (χ4v) is 2.99. The minimum atomic E-state index is -0.312. The van der Waals surface area contributed by atoms with Crippen molar-refractivity contribution in [1.29, 1.82) is 0 Å². The van der Waals surface area contributed by atoms with Gasteiger partial charge < -0.3 is 0 Å². The largest absolute Gasteiger partial charge is 0.290 e. The Morgan fingerprint density at radius 2 is 1.95 bits per heavy atom. The molecule has 0 fully saturated rings. The number of carbonyl (C=O) groups excluding carboxylic acids is 1. The van der Waals surface area contributed by atoms with Crippen molar-refractivity contribution in [3.63, 3.8) is 0 Å². The molecule has 6 heteroatoms. The zero-order chi connectivity index (χ0) is 14.1. The topological polar surface area (TPSA) is 68.0 Å². The van der Waals surface area contributed by atoms with Gasteiger partial charge in [-0.15, -0.1) is 11.3 Å². The van der Waals surface area contributed by atoms with Crippen LogP contribution in [0.5, 0.6) is 0 Å². The molecule has 0 radical (unpaired) electrons. The molecule has 0 aliphatic heterocycles. The fraction of sp³-hybridized carbons (Fsp3) is 0. The van der Waals surface area contributed by atoms with E-state index in [1.54, 1.807) is 23.5 Å². The molecule has 0 unspecified atom stereocenters. The molecule has 0 atom stereocenters. The summed E-state index contributed by atoms with van der Waals surface area (Å²) < 4.78 is 1.08. The number of rotatable bonds is 2. The van der Waals surface area contributed by atoms with Crippen molar-refractivity contribution >= 4 is 39.1 Å². The summed E-state index contributed by atoms with van der Waals surface area (Å²) in [6.45, 7) is 0. The van der Waals surface area contributed by atoms with Crippen molar-refractivity contribution in [3.05, 3.63) is 53.1 Å². The van der Waals surface area contributed by atoms with Gasteiger partial charge in [0.25, 0.3) is 5.91 Å². The lowest BCUT2D eigenvalue weighted by molar-refractivity contribution is 0.0953. The lowest BCUT2D eigenvalue weighted by Gasteiger charge is -2.00. The van der Waals surface area contributed by atoms with Crippen LogP contribution in [0.3, 0.4) is 0 Å². The number of carbonyl (C=O) groups is 1. The maximum atomic E-state index is 11.4. The molecule has 4 nitrogen and oxygen atoms in total. The minimum Gasteiger partial charge on any atom is -0.290 e. The number of nitrogens with zero attached hydrogens (tertiary/aromatic N) is 1. The Morgan fingerprint density at radius 1 is 1.20 bits per heavy atom. The van der Waals surface area contributed by atoms with E-state index in [2.05, 4.69) is 10.4 Å². The molecule has 0 saturated carbocycles. The lowest BCUT2D eigenvalue weighted by atomic mass is 10.1. The number of nitrogen functional groups attached to an aromatic ring is 1. The average molecular weight is 304 g/mol. The van der Waals surface area contributed by atoms with Crippen molar-refractivity contribution in [3.8, 4) is 10.6 Å². The van der Waals surface area contributed by atoms with Gasteiger partial charge in [-0.05, 0) is 30.3 Å². The van der Waals surface area contributed by atoms with Gasteiger partial charge in [-0.25, -0.2) is 10.8 Å². The second kappa shape index (κ2) is 5.20. The number of fused-ring (bicyclic) bond motifs is 1. The Hall–Kier alpha value is -1.95. The fourth-order valence-electron chi connectivity index (χ4n) is 1.87. The highest BCUT2D eigenvalue weighted by Gasteiger charge is 2.08. The first-order chi connectivity index (χ1) is 9.67. The molecule has 2 aromatic carbocycles. The summed E-state index contributed by atoms with van der Waals surface area (Å²) in [5.41, 5.74) is 4.45. The monoisotopic (exact) mass is 303 g/mol. The van der Waals surface area contributed by atoms with Gasteiger partial charge in [-0.1, -0.05) is 23.7 Å². The van der Waals surface area contributed by atoms with Crippen LogP contribution in [0.2, 0.25) is 5.02 Å². The van der Waals surface area contributed by atoms with Crippen molar-refractivity contribution < 1.29 is 4.79 Å². The molecule has 100 valence electrons. The molecular weight excluding hydrogens is 294 g/mol. The third-order valence-corrected chi connectivity index (χ3v) is 4.20. The van der Waals surface area contributed by atoms with Crippen LogP contribution < -0.4 is 11.3 Å². The zero-order valence-corrected chi connectivity index (χ0v) is 11.8. The summed E-state index contributed by atoms with van der Waals surface area (Å²) in [5.74, 6) is 4.78. The van der Waals surface area contributed by atoms with E-state index in [0.29, 0.717) is 10.6 Å². The smallest absolute Gasteiger partial charge is 0.265 e. The van der Waals surface area contributed by atoms with E-state index in [0.717, 1.165) is 20.8 Å². The van der Waals surface area contributed by atoms with Crippen molar-refractivity contribution in [2.75, 3.05) is 0 Å². The minimum absolute atomic E-state index is 0.312. The van der Waals surface area contributed by atoms with Gasteiger partial charge in [0, 0.05) is 16.1 Å². The molecule has 20 heavy (non-hydrogen) atoms. The number of aromatic nitrogens is 1. The Morgan fingerprint density at radius 3 is 2.65 bits per heavy atom. The molecular formula is C14H10ClN3OS. The summed E-state index contributed by atoms with van der Waals surface area (Å²) in [5, 5.41) is 1.56. The number of nitrogens with two attached hydrogens (primary N) is 1. The molecule has 0 spiro atoms. The number of halogens is 1. The maximum absolute atomic E-state index is 11.4. The van der Waals surface area contributed by atoms with Crippen molar-refractivity contribution in [2.24, 2.45) is 5.84 Å². The standard InChI is InChI=1S/C14H10ClN3OS/c15-10-5-6-12-11(7-10)17-14(20-12)9-3-1-8(2-4-9)13(19)18-16/h1-7H,16H2,(H,18,19). The second-order valence-corrected chi connectivity index (χ2v) is 5.65. The molecule has 3 N–H and O–H groups in total. The zero-order valence-electron chi connectivity index (χ0n) is 10.3. The summed E-state index contributed by atoms with van der Waals surface area (Å²) in [7, 11) is 0. The van der Waals surface area contributed by atoms with Gasteiger partial charge in [0.2, 0.25) is 0 Å². The highest BCUT2D eigenvalue weighted by Crippen LogP contribution is 2.31. The van der Waals surface area contributed by atoms with Crippen LogP contribution in [-0.4, -0.2) is 10.9 Å². The molecule has 3 rings (SSSR count). The van der Waals surface area contributed by atoms with Crippen LogP contribution in [0.15, 0.2) is 42.5 Å². The summed E-state index contributed by atoms with van der Waals surface area (Å²) in [6.07, 6.45) is 0. The number of hydrazine groups is 1. The van der Waals surface area contributed by atoms with Gasteiger partial charge in [-0.3, -0.25) is 10.2 Å². The molecule has 1 heterocycles. The third-order valence-electron chi connectivity index (χ3n) is 2.87. The molecule has 1 aromatic heterocycles. The van der Waals surface area contributed by atoms with Crippen LogP contribution in [-0.2, 0) is 0 Å². The SMILES string of the molecule is NNC(=O)c1ccc(-c2nc3cc(Cl)ccc3s2)cc1. The number of benzene rings is 2. The second-order valence-electron chi connectivity index (χ2n) is 4.18. The Balaban J connectivity index is 2.00. The van der Waals surface area contributed by atoms with Gasteiger partial charge >= 0.3 is 0 Å². The number of amides is 1. The number of hydrogen-bond donors (Lipinski definition) is 2. The number of nitrogens with one attached hydrogen (secondary N) is 1. The van der Waals surface area contributed by atoms with Crippen LogP contribution in [0.25, 0.3) is 20.8 Å². The molecule has 0 aliphatic rings. The predicted molar refractivity (Wildman–Crippen MR) is 81.7 cm³/mol. The van der Waals surface area contributed by atoms with E-state index in [1.165, 1.54) is 0 Å². The molecule has 0 bridgehead atoms. The van der Waals surface area contributed by atoms with Crippen LogP contribution in [0, 0.1) is 0 Å². The molecule has 3 aromatic rings. The van der Waals surface area contributed by atoms with E-state index in [4.69, 9.17) is 17.4 Å². The molecule has 0 aliphatic carbocycles. The number of hydrogen-bond acceptors (Lipinski definition) is 4. The summed E-state index contributed by atoms with van der Waals surface area (Å²) >= 11 is 7.54. The molecule has 0 saturated heterocycles. The third kappa shape index (κ3) is 2.38. The first-order valence-corrected chi connectivity index (χ1v) is 7.04. The Bertz CT molecular complexity index is 783. The van der Waals surface area contributed by atoms with Crippen LogP contribution in [0.4, 0.5) is 0 Å². The normalized spacial score (nSPS) is 10.7. The van der Waals surface area contributed by atoms with E-state index in [9.17, 15) is 4.79 Å². The Kier molecular flexibility index (Phi) is 3.40. The van der Waals surface area contributed by atoms with Crippen molar-refractivity contribution in [2.45, 2.75) is 0 Å². The van der Waals surface area contributed by atoms with E-state index < -0.39 is 0 Å². The molecule has 1 amide bonds. The Labute approximate surface area is 124 Å². The predicted octanol–water partition coefficient (Wildman–Crippen LogP) is 3.22. The maximum Gasteiger partial charge on any atom is 0.265 e. The lowest BCUT2D eigenvalue weighted by Crippen LogP contribution is -2.29. The van der Waals surface area contributed by atoms with E-state index in [1.807, 2.05) is 30.3 Å². The van der Waals surface area contributed by atoms with Crippen molar-refractivity contribution in [1.82, 2.24) is 10.4 Å². The van der Waals surface area contributed by atoms with Gasteiger partial charge in [0.05, 0.1) is 10.2 Å². The van der Waals surface area contributed by atoms with Crippen LogP contribution >= 0.6 is 22.9 Å². The quantitative estimate of drug-likeness (QED) is 0.434. The van der Waals surface area contributed by atoms with Gasteiger partial charge in [0.15, 0.2) is 0 Å². The summed E-state index contributed by atoms with van der Waals surface area (Å²) in [6, 6.07) is 12.8. The van der Waals surface area contributed by atoms with E-state index in [-0.39, 0.29) is 5.91 Å². The van der Waals surface area contributed by atoms with E-state index >= 15 is 0 Å². The highest BCUT2D eigenvalue weighted by molar-refractivity contribution is 7.21. The van der Waals surface area contributed by atoms with Gasteiger partial charge in [-0.2, -0.15) is 0 Å². The number of thiazole rings is 1. The van der Waals surface area contributed by atoms with Crippen LogP contribution in [0.1, 0.15) is 10.4 Å².